The summed E-state index contributed by atoms with van der Waals surface area (Å²) in [7, 11) is 3.19. The van der Waals surface area contributed by atoms with Crippen LogP contribution in [0, 0.1) is 13.8 Å². The van der Waals surface area contributed by atoms with Crippen molar-refractivity contribution in [2.24, 2.45) is 10.7 Å². The van der Waals surface area contributed by atoms with Crippen molar-refractivity contribution in [3.8, 4) is 11.5 Å². The highest BCUT2D eigenvalue weighted by atomic mass is 32.1. The van der Waals surface area contributed by atoms with E-state index in [4.69, 9.17) is 15.2 Å². The number of methoxy groups -OCH3 is 2. The summed E-state index contributed by atoms with van der Waals surface area (Å²) in [6.07, 6.45) is 0.785. The number of aryl methyl sites for hydroxylation is 2. The first-order valence-corrected chi connectivity index (χ1v) is 8.07. The van der Waals surface area contributed by atoms with E-state index >= 15 is 0 Å². The minimum absolute atomic E-state index is 0.363. The first kappa shape index (κ1) is 17.1. The van der Waals surface area contributed by atoms with Gasteiger partial charge in [0.2, 0.25) is 0 Å². The van der Waals surface area contributed by atoms with Crippen molar-refractivity contribution in [3.05, 3.63) is 33.8 Å². The van der Waals surface area contributed by atoms with Gasteiger partial charge in [-0.25, -0.2) is 4.98 Å². The van der Waals surface area contributed by atoms with Crippen LogP contribution in [0.1, 0.15) is 15.6 Å². The smallest absolute Gasteiger partial charge is 0.193 e. The van der Waals surface area contributed by atoms with Crippen LogP contribution >= 0.6 is 11.3 Å². The van der Waals surface area contributed by atoms with Crippen molar-refractivity contribution in [1.82, 2.24) is 4.98 Å². The molecule has 23 heavy (non-hydrogen) atoms. The van der Waals surface area contributed by atoms with Crippen LogP contribution in [0.4, 0.5) is 5.69 Å². The number of nitrogens with two attached hydrogens (primary N) is 1. The Kier molecular flexibility index (Phi) is 5.81. The summed E-state index contributed by atoms with van der Waals surface area (Å²) < 4.78 is 10.5. The molecule has 0 atom stereocenters. The molecule has 0 aliphatic rings. The van der Waals surface area contributed by atoms with Gasteiger partial charge in [-0.3, -0.25) is 4.99 Å². The maximum atomic E-state index is 5.92. The van der Waals surface area contributed by atoms with Gasteiger partial charge in [0.1, 0.15) is 0 Å². The van der Waals surface area contributed by atoms with Gasteiger partial charge < -0.3 is 20.5 Å². The van der Waals surface area contributed by atoms with Crippen LogP contribution in [0.3, 0.4) is 0 Å². The number of hydrogen-bond acceptors (Lipinski definition) is 5. The Labute approximate surface area is 140 Å². The number of benzene rings is 1. The van der Waals surface area contributed by atoms with E-state index < -0.39 is 0 Å². The van der Waals surface area contributed by atoms with E-state index in [2.05, 4.69) is 22.2 Å². The molecular formula is C16H22N4O2S. The van der Waals surface area contributed by atoms with E-state index in [-0.39, 0.29) is 0 Å². The molecular weight excluding hydrogens is 312 g/mol. The monoisotopic (exact) mass is 334 g/mol. The SMILES string of the molecule is COc1ccc(NC(N)=NCCc2nc(C)c(C)s2)cc1OC. The van der Waals surface area contributed by atoms with Gasteiger partial charge in [0.05, 0.1) is 24.9 Å². The highest BCUT2D eigenvalue weighted by Gasteiger charge is 2.06. The number of nitrogens with zero attached hydrogens (tertiary/aromatic N) is 2. The summed E-state index contributed by atoms with van der Waals surface area (Å²) >= 11 is 1.71. The van der Waals surface area contributed by atoms with E-state index in [1.165, 1.54) is 4.88 Å². The molecule has 0 fully saturated rings. The Morgan fingerprint density at radius 3 is 2.61 bits per heavy atom. The molecule has 0 amide bonds. The maximum absolute atomic E-state index is 5.92. The molecule has 0 radical (unpaired) electrons. The molecule has 6 nitrogen and oxygen atoms in total. The van der Waals surface area contributed by atoms with Crippen LogP contribution in [0.25, 0.3) is 0 Å². The standard InChI is InChI=1S/C16H22N4O2S/c1-10-11(2)23-15(19-10)7-8-18-16(17)20-12-5-6-13(21-3)14(9-12)22-4/h5-6,9H,7-8H2,1-4H3,(H3,17,18,20). The van der Waals surface area contributed by atoms with Gasteiger partial charge in [-0.15, -0.1) is 11.3 Å². The van der Waals surface area contributed by atoms with Crippen molar-refractivity contribution >= 4 is 23.0 Å². The topological polar surface area (TPSA) is 81.8 Å². The molecule has 1 aromatic heterocycles. The number of nitrogens with one attached hydrogen (secondary N) is 1. The van der Waals surface area contributed by atoms with Crippen molar-refractivity contribution in [3.63, 3.8) is 0 Å². The number of ether oxygens (including phenoxy) is 2. The number of aromatic nitrogens is 1. The number of aliphatic imine (C=N–C) groups is 1. The largest absolute Gasteiger partial charge is 0.493 e. The fourth-order valence-corrected chi connectivity index (χ4v) is 2.94. The molecule has 1 heterocycles. The molecule has 2 aromatic rings. The molecule has 0 aliphatic heterocycles. The highest BCUT2D eigenvalue weighted by Crippen LogP contribution is 2.29. The second-order valence-electron chi connectivity index (χ2n) is 4.96. The summed E-state index contributed by atoms with van der Waals surface area (Å²) in [5, 5.41) is 4.13. The van der Waals surface area contributed by atoms with Crippen LogP contribution in [0.5, 0.6) is 11.5 Å². The van der Waals surface area contributed by atoms with Gasteiger partial charge in [-0.1, -0.05) is 0 Å². The average molecular weight is 334 g/mol. The number of hydrogen-bond donors (Lipinski definition) is 2. The molecule has 0 bridgehead atoms. The predicted molar refractivity (Wildman–Crippen MR) is 95.0 cm³/mol. The number of anilines is 1. The average Bonchev–Trinajstić information content (AvgIpc) is 2.85. The second kappa shape index (κ2) is 7.82. The molecule has 0 unspecified atom stereocenters. The van der Waals surface area contributed by atoms with Crippen molar-refractivity contribution in [2.75, 3.05) is 26.1 Å². The Bertz CT molecular complexity index is 678. The summed E-state index contributed by atoms with van der Waals surface area (Å²) in [6.45, 7) is 4.69. The van der Waals surface area contributed by atoms with Gasteiger partial charge in [-0.05, 0) is 26.0 Å². The number of rotatable bonds is 6. The van der Waals surface area contributed by atoms with Crippen LogP contribution < -0.4 is 20.5 Å². The summed E-state index contributed by atoms with van der Waals surface area (Å²) in [4.78, 5) is 10.1. The zero-order chi connectivity index (χ0) is 16.8. The molecule has 124 valence electrons. The van der Waals surface area contributed by atoms with Gasteiger partial charge in [0.15, 0.2) is 17.5 Å². The van der Waals surface area contributed by atoms with E-state index in [0.717, 1.165) is 22.8 Å². The lowest BCUT2D eigenvalue weighted by molar-refractivity contribution is 0.355. The Morgan fingerprint density at radius 1 is 1.26 bits per heavy atom. The van der Waals surface area contributed by atoms with Crippen LogP contribution in [-0.4, -0.2) is 31.7 Å². The molecule has 3 N–H and O–H groups in total. The summed E-state index contributed by atoms with van der Waals surface area (Å²) in [5.41, 5.74) is 7.80. The maximum Gasteiger partial charge on any atom is 0.193 e. The van der Waals surface area contributed by atoms with Crippen LogP contribution in [0.15, 0.2) is 23.2 Å². The first-order valence-electron chi connectivity index (χ1n) is 7.25. The highest BCUT2D eigenvalue weighted by molar-refractivity contribution is 7.11. The molecule has 0 saturated carbocycles. The van der Waals surface area contributed by atoms with E-state index in [0.29, 0.717) is 24.0 Å². The fraction of sp³-hybridized carbons (Fsp3) is 0.375. The Balaban J connectivity index is 1.94. The molecule has 0 spiro atoms. The van der Waals surface area contributed by atoms with E-state index in [1.54, 1.807) is 25.6 Å². The minimum Gasteiger partial charge on any atom is -0.493 e. The van der Waals surface area contributed by atoms with Gasteiger partial charge in [-0.2, -0.15) is 0 Å². The van der Waals surface area contributed by atoms with E-state index in [9.17, 15) is 0 Å². The normalized spacial score (nSPS) is 11.4. The molecule has 1 aromatic carbocycles. The molecule has 0 aliphatic carbocycles. The lowest BCUT2D eigenvalue weighted by atomic mass is 10.3. The summed E-state index contributed by atoms with van der Waals surface area (Å²) in [5.74, 6) is 1.67. The van der Waals surface area contributed by atoms with Gasteiger partial charge in [0.25, 0.3) is 0 Å². The second-order valence-corrected chi connectivity index (χ2v) is 6.25. The lowest BCUT2D eigenvalue weighted by Crippen LogP contribution is -2.23. The third-order valence-corrected chi connectivity index (χ3v) is 4.47. The minimum atomic E-state index is 0.363. The zero-order valence-electron chi connectivity index (χ0n) is 13.8. The number of thiazole rings is 1. The third kappa shape index (κ3) is 4.59. The number of guanidine groups is 1. The van der Waals surface area contributed by atoms with Crippen molar-refractivity contribution in [2.45, 2.75) is 20.3 Å². The Morgan fingerprint density at radius 2 is 2.00 bits per heavy atom. The first-order chi connectivity index (χ1) is 11.0. The van der Waals surface area contributed by atoms with Crippen molar-refractivity contribution in [1.29, 1.82) is 0 Å². The molecule has 7 heteroatoms. The fourth-order valence-electron chi connectivity index (χ4n) is 2.02. The lowest BCUT2D eigenvalue weighted by Gasteiger charge is -2.10. The zero-order valence-corrected chi connectivity index (χ0v) is 14.7. The summed E-state index contributed by atoms with van der Waals surface area (Å²) in [6, 6.07) is 5.49. The predicted octanol–water partition coefficient (Wildman–Crippen LogP) is 2.75. The Hall–Kier alpha value is -2.28. The molecule has 2 rings (SSSR count). The van der Waals surface area contributed by atoms with E-state index in [1.807, 2.05) is 25.1 Å². The third-order valence-electron chi connectivity index (χ3n) is 3.34. The van der Waals surface area contributed by atoms with Crippen LogP contribution in [-0.2, 0) is 6.42 Å². The van der Waals surface area contributed by atoms with Gasteiger partial charge in [0, 0.05) is 29.6 Å². The van der Waals surface area contributed by atoms with Crippen LogP contribution in [0.2, 0.25) is 0 Å². The molecule has 0 saturated heterocycles. The quantitative estimate of drug-likeness (QED) is 0.627. The van der Waals surface area contributed by atoms with Gasteiger partial charge >= 0.3 is 0 Å². The van der Waals surface area contributed by atoms with Crippen molar-refractivity contribution < 1.29 is 9.47 Å².